The highest BCUT2D eigenvalue weighted by Crippen LogP contribution is 2.21. The Labute approximate surface area is 129 Å². The summed E-state index contributed by atoms with van der Waals surface area (Å²) in [6.07, 6.45) is 0. The van der Waals surface area contributed by atoms with Crippen molar-refractivity contribution in [3.63, 3.8) is 0 Å². The third-order valence-electron chi connectivity index (χ3n) is 3.51. The van der Waals surface area contributed by atoms with Gasteiger partial charge in [0.25, 0.3) is 10.0 Å². The van der Waals surface area contributed by atoms with E-state index < -0.39 is 27.1 Å². The van der Waals surface area contributed by atoms with E-state index in [0.717, 1.165) is 15.6 Å². The zero-order valence-corrected chi connectivity index (χ0v) is 14.5. The van der Waals surface area contributed by atoms with Crippen LogP contribution in [-0.2, 0) is 14.8 Å². The molecule has 0 fully saturated rings. The van der Waals surface area contributed by atoms with Crippen LogP contribution in [0.15, 0.2) is 21.7 Å². The Morgan fingerprint density at radius 3 is 2.38 bits per heavy atom. The summed E-state index contributed by atoms with van der Waals surface area (Å²) in [7, 11) is -2.30. The Hall–Kier alpha value is -0.960. The van der Waals surface area contributed by atoms with Crippen molar-refractivity contribution in [2.24, 2.45) is 0 Å². The monoisotopic (exact) mass is 334 g/mol. The summed E-state index contributed by atoms with van der Waals surface area (Å²) in [6, 6.07) is 3.14. The van der Waals surface area contributed by atoms with E-state index in [0.29, 0.717) is 0 Å². The maximum absolute atomic E-state index is 12.2. The van der Waals surface area contributed by atoms with Crippen molar-refractivity contribution in [1.82, 2.24) is 9.62 Å². The van der Waals surface area contributed by atoms with Gasteiger partial charge in [-0.15, -0.1) is 11.3 Å². The molecule has 1 aromatic heterocycles. The number of nitrogens with one attached hydrogen (secondary N) is 1. The predicted molar refractivity (Wildman–Crippen MR) is 82.7 cm³/mol. The number of carbonyl (C=O) groups excluding carboxylic acids is 1. The van der Waals surface area contributed by atoms with Crippen LogP contribution in [0.2, 0.25) is 0 Å². The van der Waals surface area contributed by atoms with Gasteiger partial charge in [0.1, 0.15) is 4.21 Å². The second kappa shape index (κ2) is 6.04. The van der Waals surface area contributed by atoms with Crippen molar-refractivity contribution < 1.29 is 18.3 Å². The summed E-state index contributed by atoms with van der Waals surface area (Å²) in [6.45, 7) is 6.22. The molecular weight excluding hydrogens is 312 g/mol. The Kier molecular flexibility index (Phi) is 5.20. The molecule has 0 saturated carbocycles. The molecule has 0 saturated heterocycles. The molecule has 1 heterocycles. The highest BCUT2D eigenvalue weighted by Gasteiger charge is 2.37. The van der Waals surface area contributed by atoms with Crippen LogP contribution in [0.25, 0.3) is 0 Å². The second-order valence-corrected chi connectivity index (χ2v) is 9.14. The fourth-order valence-corrected chi connectivity index (χ4v) is 3.72. The van der Waals surface area contributed by atoms with E-state index in [4.69, 9.17) is 0 Å². The molecule has 2 N–H and O–H groups in total. The predicted octanol–water partition coefficient (Wildman–Crippen LogP) is 1.03. The summed E-state index contributed by atoms with van der Waals surface area (Å²) in [5, 5.41) is 14.3. The molecule has 120 valence electrons. The number of rotatable bonds is 6. The maximum atomic E-state index is 12.2. The van der Waals surface area contributed by atoms with Crippen molar-refractivity contribution >= 4 is 27.3 Å². The van der Waals surface area contributed by atoms with Gasteiger partial charge in [-0.25, -0.2) is 8.42 Å². The number of hydrogen-bond acceptors (Lipinski definition) is 5. The Bertz CT molecular complexity index is 586. The zero-order chi connectivity index (χ0) is 16.5. The third kappa shape index (κ3) is 4.26. The summed E-state index contributed by atoms with van der Waals surface area (Å²) >= 11 is 1.10. The number of thiophene rings is 1. The first-order valence-electron chi connectivity index (χ1n) is 6.41. The van der Waals surface area contributed by atoms with E-state index in [1.165, 1.54) is 13.1 Å². The molecule has 1 amide bonds. The van der Waals surface area contributed by atoms with Gasteiger partial charge in [-0.1, -0.05) is 6.07 Å². The summed E-state index contributed by atoms with van der Waals surface area (Å²) in [4.78, 5) is 12.0. The number of likely N-dealkylation sites (N-methyl/N-ethyl adjacent to an activating group) is 1. The summed E-state index contributed by atoms with van der Waals surface area (Å²) < 4.78 is 25.6. The van der Waals surface area contributed by atoms with Crippen molar-refractivity contribution in [3.8, 4) is 0 Å². The minimum Gasteiger partial charge on any atom is -0.388 e. The van der Waals surface area contributed by atoms with Crippen LogP contribution in [0.4, 0.5) is 0 Å². The second-order valence-electron chi connectivity index (χ2n) is 5.93. The quantitative estimate of drug-likeness (QED) is 0.814. The number of hydrogen-bond donors (Lipinski definition) is 2. The number of amides is 1. The number of nitrogens with zero attached hydrogens (tertiary/aromatic N) is 1. The first kappa shape index (κ1) is 18.1. The molecule has 0 bridgehead atoms. The van der Waals surface area contributed by atoms with E-state index in [-0.39, 0.29) is 10.8 Å². The smallest absolute Gasteiger partial charge is 0.252 e. The van der Waals surface area contributed by atoms with E-state index in [1.54, 1.807) is 39.1 Å². The van der Waals surface area contributed by atoms with Gasteiger partial charge in [0.05, 0.1) is 17.7 Å². The SMILES string of the molecule is CN(CC(=O)NC(C)(C)C(C)(C)O)S(=O)(=O)c1cccs1. The van der Waals surface area contributed by atoms with Gasteiger partial charge in [0.2, 0.25) is 5.91 Å². The van der Waals surface area contributed by atoms with Crippen LogP contribution < -0.4 is 5.32 Å². The average Bonchev–Trinajstić information content (AvgIpc) is 2.79. The molecule has 0 aliphatic heterocycles. The van der Waals surface area contributed by atoms with Crippen LogP contribution in [0.1, 0.15) is 27.7 Å². The summed E-state index contributed by atoms with van der Waals surface area (Å²) in [5.41, 5.74) is -2.01. The zero-order valence-electron chi connectivity index (χ0n) is 12.9. The van der Waals surface area contributed by atoms with E-state index in [1.807, 2.05) is 0 Å². The highest BCUT2D eigenvalue weighted by molar-refractivity contribution is 7.91. The lowest BCUT2D eigenvalue weighted by Gasteiger charge is -2.38. The van der Waals surface area contributed by atoms with Gasteiger partial charge >= 0.3 is 0 Å². The van der Waals surface area contributed by atoms with Crippen molar-refractivity contribution in [1.29, 1.82) is 0 Å². The van der Waals surface area contributed by atoms with E-state index in [9.17, 15) is 18.3 Å². The third-order valence-corrected chi connectivity index (χ3v) is 6.68. The fourth-order valence-electron chi connectivity index (χ4n) is 1.39. The topological polar surface area (TPSA) is 86.7 Å². The molecule has 1 aromatic rings. The van der Waals surface area contributed by atoms with Crippen LogP contribution in [0, 0.1) is 0 Å². The largest absolute Gasteiger partial charge is 0.388 e. The summed E-state index contributed by atoms with van der Waals surface area (Å²) in [5.74, 6) is -0.468. The first-order chi connectivity index (χ1) is 9.38. The molecule has 0 atom stereocenters. The average molecular weight is 334 g/mol. The van der Waals surface area contributed by atoms with Gasteiger partial charge in [0.15, 0.2) is 0 Å². The minimum atomic E-state index is -3.65. The molecule has 8 heteroatoms. The standard InChI is InChI=1S/C13H22N2O4S2/c1-12(2,13(3,4)17)14-10(16)9-15(5)21(18,19)11-7-6-8-20-11/h6-8,17H,9H2,1-5H3,(H,14,16). The molecule has 0 unspecified atom stereocenters. The van der Waals surface area contributed by atoms with Crippen LogP contribution >= 0.6 is 11.3 Å². The molecule has 1 rings (SSSR count). The Balaban J connectivity index is 2.76. The molecule has 21 heavy (non-hydrogen) atoms. The van der Waals surface area contributed by atoms with Gasteiger partial charge in [0, 0.05) is 7.05 Å². The van der Waals surface area contributed by atoms with Crippen molar-refractivity contribution in [2.45, 2.75) is 43.0 Å². The lowest BCUT2D eigenvalue weighted by Crippen LogP contribution is -2.59. The lowest BCUT2D eigenvalue weighted by atomic mass is 9.86. The Morgan fingerprint density at radius 1 is 1.38 bits per heavy atom. The van der Waals surface area contributed by atoms with Crippen LogP contribution in [0.5, 0.6) is 0 Å². The molecule has 6 nitrogen and oxygen atoms in total. The highest BCUT2D eigenvalue weighted by atomic mass is 32.2. The fraction of sp³-hybridized carbons (Fsp3) is 0.615. The maximum Gasteiger partial charge on any atom is 0.252 e. The number of sulfonamides is 1. The van der Waals surface area contributed by atoms with Crippen LogP contribution in [-0.4, -0.2) is 48.5 Å². The molecule has 0 aliphatic rings. The normalized spacial score (nSPS) is 13.5. The molecule has 0 aliphatic carbocycles. The van der Waals surface area contributed by atoms with Crippen molar-refractivity contribution in [2.75, 3.05) is 13.6 Å². The Morgan fingerprint density at radius 2 is 1.95 bits per heavy atom. The molecule has 0 radical (unpaired) electrons. The van der Waals surface area contributed by atoms with Crippen molar-refractivity contribution in [3.05, 3.63) is 17.5 Å². The first-order valence-corrected chi connectivity index (χ1v) is 8.73. The van der Waals surface area contributed by atoms with Gasteiger partial charge < -0.3 is 10.4 Å². The lowest BCUT2D eigenvalue weighted by molar-refractivity contribution is -0.126. The van der Waals surface area contributed by atoms with E-state index >= 15 is 0 Å². The molecular formula is C13H22N2O4S2. The molecule has 0 spiro atoms. The van der Waals surface area contributed by atoms with Gasteiger partial charge in [-0.3, -0.25) is 4.79 Å². The van der Waals surface area contributed by atoms with Gasteiger partial charge in [-0.05, 0) is 39.1 Å². The molecule has 0 aromatic carbocycles. The number of carbonyl (C=O) groups is 1. The minimum absolute atomic E-state index is 0.194. The van der Waals surface area contributed by atoms with Crippen LogP contribution in [0.3, 0.4) is 0 Å². The van der Waals surface area contributed by atoms with E-state index in [2.05, 4.69) is 5.32 Å². The number of aliphatic hydroxyl groups is 1. The van der Waals surface area contributed by atoms with Gasteiger partial charge in [-0.2, -0.15) is 4.31 Å².